The molecule has 0 aromatic carbocycles. The van der Waals surface area contributed by atoms with Gasteiger partial charge in [0, 0.05) is 12.6 Å². The monoisotopic (exact) mass is 259 g/mol. The molecule has 7 heteroatoms. The van der Waals surface area contributed by atoms with Crippen LogP contribution < -0.4 is 5.32 Å². The average molecular weight is 260 g/mol. The Balaban J connectivity index is 2.70. The topological polar surface area (TPSA) is 88.3 Å². The summed E-state index contributed by atoms with van der Waals surface area (Å²) in [6.45, 7) is 4.07. The van der Waals surface area contributed by atoms with Crippen LogP contribution >= 0.6 is 11.6 Å². The first-order valence-corrected chi connectivity index (χ1v) is 5.51. The van der Waals surface area contributed by atoms with Crippen molar-refractivity contribution in [3.05, 3.63) is 27.4 Å². The fourth-order valence-corrected chi connectivity index (χ4v) is 1.32. The number of hydrogen-bond acceptors (Lipinski definition) is 5. The number of nitrogens with zero attached hydrogens (tertiary/aromatic N) is 2. The van der Waals surface area contributed by atoms with Crippen LogP contribution in [-0.2, 0) is 0 Å². The summed E-state index contributed by atoms with van der Waals surface area (Å²) < 4.78 is 0. The number of aromatic nitrogens is 1. The van der Waals surface area contributed by atoms with E-state index in [4.69, 9.17) is 11.6 Å². The molecule has 0 spiro atoms. The largest absolute Gasteiger partial charge is 0.391 e. The zero-order valence-electron chi connectivity index (χ0n) is 9.55. The third-order valence-electron chi connectivity index (χ3n) is 2.29. The maximum atomic E-state index is 10.5. The minimum Gasteiger partial charge on any atom is -0.391 e. The van der Waals surface area contributed by atoms with Crippen LogP contribution in [0.3, 0.4) is 0 Å². The van der Waals surface area contributed by atoms with E-state index < -0.39 is 11.0 Å². The van der Waals surface area contributed by atoms with Crippen LogP contribution in [-0.4, -0.2) is 27.7 Å². The normalized spacial score (nSPS) is 12.5. The van der Waals surface area contributed by atoms with Crippen LogP contribution in [0.15, 0.2) is 12.3 Å². The first kappa shape index (κ1) is 13.7. The van der Waals surface area contributed by atoms with E-state index in [1.165, 1.54) is 6.07 Å². The lowest BCUT2D eigenvalue weighted by Crippen LogP contribution is -2.25. The van der Waals surface area contributed by atoms with Crippen LogP contribution in [0.25, 0.3) is 0 Å². The molecule has 1 rings (SSSR count). The smallest absolute Gasteiger partial charge is 0.289 e. The van der Waals surface area contributed by atoms with Crippen molar-refractivity contribution in [1.29, 1.82) is 0 Å². The van der Waals surface area contributed by atoms with Gasteiger partial charge in [0.2, 0.25) is 0 Å². The van der Waals surface area contributed by atoms with Crippen molar-refractivity contribution in [3.8, 4) is 0 Å². The van der Waals surface area contributed by atoms with E-state index in [0.717, 1.165) is 6.20 Å². The second-order valence-corrected chi connectivity index (χ2v) is 4.38. The Morgan fingerprint density at radius 2 is 2.29 bits per heavy atom. The highest BCUT2D eigenvalue weighted by Crippen LogP contribution is 2.23. The minimum atomic E-state index is -0.564. The molecule has 0 aliphatic carbocycles. The van der Waals surface area contributed by atoms with Gasteiger partial charge >= 0.3 is 0 Å². The van der Waals surface area contributed by atoms with Crippen LogP contribution in [0.4, 0.5) is 11.5 Å². The maximum absolute atomic E-state index is 10.5. The third-order valence-corrected chi connectivity index (χ3v) is 2.57. The van der Waals surface area contributed by atoms with E-state index in [9.17, 15) is 15.2 Å². The molecule has 1 atom stereocenters. The Bertz CT molecular complexity index is 412. The van der Waals surface area contributed by atoms with Gasteiger partial charge in [-0.25, -0.2) is 4.98 Å². The lowest BCUT2D eigenvalue weighted by atomic mass is 10.1. The summed E-state index contributed by atoms with van der Waals surface area (Å²) in [7, 11) is 0. The number of halogens is 1. The molecule has 94 valence electrons. The highest BCUT2D eigenvalue weighted by Gasteiger charge is 2.13. The van der Waals surface area contributed by atoms with Crippen LogP contribution in [0.1, 0.15) is 13.8 Å². The van der Waals surface area contributed by atoms with Crippen LogP contribution in [0.5, 0.6) is 0 Å². The van der Waals surface area contributed by atoms with E-state index >= 15 is 0 Å². The van der Waals surface area contributed by atoms with Crippen molar-refractivity contribution >= 4 is 23.1 Å². The van der Waals surface area contributed by atoms with Gasteiger partial charge in [-0.1, -0.05) is 25.4 Å². The molecule has 1 aromatic heterocycles. The first-order chi connectivity index (χ1) is 7.91. The zero-order valence-corrected chi connectivity index (χ0v) is 10.3. The number of pyridine rings is 1. The Hall–Kier alpha value is -1.40. The number of nitrogens with one attached hydrogen (secondary N) is 1. The lowest BCUT2D eigenvalue weighted by Gasteiger charge is -2.15. The van der Waals surface area contributed by atoms with E-state index in [1.54, 1.807) is 0 Å². The molecule has 1 aromatic rings. The number of nitro groups is 1. The molecule has 0 fully saturated rings. The predicted octanol–water partition coefficient (Wildman–Crippen LogP) is 2.07. The molecule has 0 radical (unpaired) electrons. The van der Waals surface area contributed by atoms with E-state index in [1.807, 2.05) is 13.8 Å². The molecule has 0 aliphatic heterocycles. The fourth-order valence-electron chi connectivity index (χ4n) is 1.09. The predicted molar refractivity (Wildman–Crippen MR) is 65.2 cm³/mol. The van der Waals surface area contributed by atoms with E-state index in [-0.39, 0.29) is 16.6 Å². The van der Waals surface area contributed by atoms with Gasteiger partial charge in [0.1, 0.15) is 12.0 Å². The number of hydrogen-bond donors (Lipinski definition) is 2. The van der Waals surface area contributed by atoms with Gasteiger partial charge in [-0.2, -0.15) is 0 Å². The Morgan fingerprint density at radius 3 is 2.76 bits per heavy atom. The molecule has 0 saturated heterocycles. The van der Waals surface area contributed by atoms with Gasteiger partial charge < -0.3 is 10.4 Å². The molecule has 0 aliphatic rings. The van der Waals surface area contributed by atoms with Crippen LogP contribution in [0.2, 0.25) is 5.02 Å². The second-order valence-electron chi connectivity index (χ2n) is 3.97. The zero-order chi connectivity index (χ0) is 13.0. The standard InChI is InChI=1S/C10H14ClN3O3/c1-6(2)9(15)5-13-10-8(11)3-7(4-12-10)14(16)17/h3-4,6,9,15H,5H2,1-2H3,(H,12,13). The van der Waals surface area contributed by atoms with Crippen molar-refractivity contribution in [2.75, 3.05) is 11.9 Å². The number of anilines is 1. The maximum Gasteiger partial charge on any atom is 0.289 e. The molecule has 6 nitrogen and oxygen atoms in total. The Morgan fingerprint density at radius 1 is 1.65 bits per heavy atom. The molecule has 0 saturated carbocycles. The summed E-state index contributed by atoms with van der Waals surface area (Å²) >= 11 is 5.83. The number of aliphatic hydroxyl groups excluding tert-OH is 1. The lowest BCUT2D eigenvalue weighted by molar-refractivity contribution is -0.385. The van der Waals surface area contributed by atoms with Crippen molar-refractivity contribution < 1.29 is 10.0 Å². The molecule has 1 heterocycles. The second kappa shape index (κ2) is 5.79. The quantitative estimate of drug-likeness (QED) is 0.624. The molecule has 17 heavy (non-hydrogen) atoms. The highest BCUT2D eigenvalue weighted by molar-refractivity contribution is 6.33. The van der Waals surface area contributed by atoms with Crippen molar-refractivity contribution in [2.45, 2.75) is 20.0 Å². The molecular weight excluding hydrogens is 246 g/mol. The van der Waals surface area contributed by atoms with Gasteiger partial charge in [-0.15, -0.1) is 0 Å². The van der Waals surface area contributed by atoms with Crippen molar-refractivity contribution in [3.63, 3.8) is 0 Å². The SMILES string of the molecule is CC(C)C(O)CNc1ncc([N+](=O)[O-])cc1Cl. The van der Waals surface area contributed by atoms with Gasteiger partial charge in [0.05, 0.1) is 16.0 Å². The summed E-state index contributed by atoms with van der Waals surface area (Å²) in [4.78, 5) is 13.7. The van der Waals surface area contributed by atoms with E-state index in [0.29, 0.717) is 12.4 Å². The van der Waals surface area contributed by atoms with E-state index in [2.05, 4.69) is 10.3 Å². The molecular formula is C10H14ClN3O3. The minimum absolute atomic E-state index is 0.110. The van der Waals surface area contributed by atoms with Gasteiger partial charge in [-0.05, 0) is 5.92 Å². The Labute approximate surface area is 104 Å². The van der Waals surface area contributed by atoms with Gasteiger partial charge in [0.15, 0.2) is 0 Å². The summed E-state index contributed by atoms with van der Waals surface area (Å²) in [5.41, 5.74) is -0.162. The fraction of sp³-hybridized carbons (Fsp3) is 0.500. The molecule has 0 bridgehead atoms. The van der Waals surface area contributed by atoms with Crippen LogP contribution in [0, 0.1) is 16.0 Å². The van der Waals surface area contributed by atoms with Crippen molar-refractivity contribution in [2.24, 2.45) is 5.92 Å². The van der Waals surface area contributed by atoms with Gasteiger partial charge in [-0.3, -0.25) is 10.1 Å². The molecule has 1 unspecified atom stereocenters. The Kier molecular flexibility index (Phi) is 4.65. The third kappa shape index (κ3) is 3.83. The summed E-state index contributed by atoms with van der Waals surface area (Å²) in [5.74, 6) is 0.441. The molecule has 2 N–H and O–H groups in total. The number of aliphatic hydroxyl groups is 1. The van der Waals surface area contributed by atoms with Crippen molar-refractivity contribution in [1.82, 2.24) is 4.98 Å². The molecule has 0 amide bonds. The number of rotatable bonds is 5. The summed E-state index contributed by atoms with van der Waals surface area (Å²) in [6, 6.07) is 1.22. The summed E-state index contributed by atoms with van der Waals surface area (Å²) in [5, 5.41) is 23.1. The average Bonchev–Trinajstić information content (AvgIpc) is 2.26. The van der Waals surface area contributed by atoms with Gasteiger partial charge in [0.25, 0.3) is 5.69 Å². The highest BCUT2D eigenvalue weighted by atomic mass is 35.5. The first-order valence-electron chi connectivity index (χ1n) is 5.13. The summed E-state index contributed by atoms with van der Waals surface area (Å²) in [6.07, 6.45) is 0.596.